The Hall–Kier alpha value is -1.76. The van der Waals surface area contributed by atoms with Crippen LogP contribution in [0.2, 0.25) is 0 Å². The summed E-state index contributed by atoms with van der Waals surface area (Å²) in [7, 11) is 0. The van der Waals surface area contributed by atoms with E-state index >= 15 is 0 Å². The van der Waals surface area contributed by atoms with Crippen LogP contribution >= 0.6 is 11.3 Å². The van der Waals surface area contributed by atoms with Gasteiger partial charge in [-0.05, 0) is 44.9 Å². The molecule has 1 saturated heterocycles. The van der Waals surface area contributed by atoms with Gasteiger partial charge in [0.15, 0.2) is 0 Å². The van der Waals surface area contributed by atoms with Crippen LogP contribution in [0.5, 0.6) is 0 Å². The second kappa shape index (κ2) is 8.29. The average Bonchev–Trinajstić information content (AvgIpc) is 3.03. The predicted octanol–water partition coefficient (Wildman–Crippen LogP) is 3.21. The van der Waals surface area contributed by atoms with E-state index in [2.05, 4.69) is 37.6 Å². The molecule has 0 radical (unpaired) electrons. The number of carbonyl (C=O) groups is 1. The third-order valence-electron chi connectivity index (χ3n) is 5.04. The number of carbonyl (C=O) groups excluding carboxylic acids is 1. The number of benzene rings is 1. The minimum absolute atomic E-state index is 0.0716. The zero-order valence-electron chi connectivity index (χ0n) is 16.1. The number of aromatic nitrogens is 1. The number of nitrogens with zero attached hydrogens (tertiary/aromatic N) is 3. The van der Waals surface area contributed by atoms with Crippen LogP contribution in [0.3, 0.4) is 0 Å². The molecule has 1 amide bonds. The fraction of sp³-hybridized carbons (Fsp3) is 0.500. The van der Waals surface area contributed by atoms with Gasteiger partial charge in [-0.3, -0.25) is 14.6 Å². The van der Waals surface area contributed by atoms with Crippen LogP contribution < -0.4 is 5.32 Å². The van der Waals surface area contributed by atoms with Gasteiger partial charge >= 0.3 is 0 Å². The molecule has 1 unspecified atom stereocenters. The van der Waals surface area contributed by atoms with Crippen molar-refractivity contribution in [3.05, 3.63) is 45.4 Å². The maximum Gasteiger partial charge on any atom is 0.241 e. The Kier molecular flexibility index (Phi) is 6.06. The Morgan fingerprint density at radius 2 is 1.96 bits per heavy atom. The van der Waals surface area contributed by atoms with Gasteiger partial charge in [0.1, 0.15) is 0 Å². The second-order valence-corrected chi connectivity index (χ2v) is 8.22. The topological polar surface area (TPSA) is 48.5 Å². The van der Waals surface area contributed by atoms with E-state index in [1.807, 2.05) is 33.8 Å². The van der Waals surface area contributed by atoms with Gasteiger partial charge in [0.05, 0.1) is 16.7 Å². The quantitative estimate of drug-likeness (QED) is 0.876. The van der Waals surface area contributed by atoms with Crippen molar-refractivity contribution in [2.75, 3.05) is 31.5 Å². The molecule has 5 nitrogen and oxygen atoms in total. The Morgan fingerprint density at radius 1 is 1.23 bits per heavy atom. The fourth-order valence-electron chi connectivity index (χ4n) is 3.29. The van der Waals surface area contributed by atoms with Crippen LogP contribution in [0.1, 0.15) is 28.8 Å². The summed E-state index contributed by atoms with van der Waals surface area (Å²) in [6.45, 7) is 12.8. The largest absolute Gasteiger partial charge is 0.324 e. The Balaban J connectivity index is 1.51. The zero-order valence-corrected chi connectivity index (χ0v) is 16.9. The number of anilines is 1. The number of amides is 1. The summed E-state index contributed by atoms with van der Waals surface area (Å²) in [6, 6.07) is 6.03. The SMILES string of the molecule is Cc1ccc(C)c(NC(=O)C(C)N2CCN(Cc3csc(C)n3)CC2)c1. The number of piperazine rings is 1. The maximum atomic E-state index is 12.7. The van der Waals surface area contributed by atoms with Crippen LogP contribution in [-0.4, -0.2) is 52.9 Å². The number of thiazole rings is 1. The van der Waals surface area contributed by atoms with Crippen molar-refractivity contribution in [1.29, 1.82) is 0 Å². The van der Waals surface area contributed by atoms with Crippen LogP contribution in [-0.2, 0) is 11.3 Å². The van der Waals surface area contributed by atoms with E-state index < -0.39 is 0 Å². The standard InChI is InChI=1S/C20H28N4OS/c1-14-5-6-15(2)19(11-14)22-20(25)16(3)24-9-7-23(8-10-24)12-18-13-26-17(4)21-18/h5-6,11,13,16H,7-10,12H2,1-4H3,(H,22,25). The third kappa shape index (κ3) is 4.69. The molecule has 2 heterocycles. The van der Waals surface area contributed by atoms with E-state index in [1.165, 1.54) is 0 Å². The van der Waals surface area contributed by atoms with Crippen LogP contribution in [0, 0.1) is 20.8 Å². The molecule has 0 bridgehead atoms. The van der Waals surface area contributed by atoms with Crippen molar-refractivity contribution >= 4 is 22.9 Å². The van der Waals surface area contributed by atoms with Gasteiger partial charge in [-0.1, -0.05) is 12.1 Å². The number of nitrogens with one attached hydrogen (secondary N) is 1. The van der Waals surface area contributed by atoms with E-state index in [1.54, 1.807) is 11.3 Å². The van der Waals surface area contributed by atoms with Gasteiger partial charge in [0, 0.05) is 43.8 Å². The minimum Gasteiger partial charge on any atom is -0.324 e. The maximum absolute atomic E-state index is 12.7. The number of aryl methyl sites for hydroxylation is 3. The molecule has 26 heavy (non-hydrogen) atoms. The van der Waals surface area contributed by atoms with Gasteiger partial charge in [0.25, 0.3) is 0 Å². The average molecular weight is 373 g/mol. The molecule has 1 N–H and O–H groups in total. The van der Waals surface area contributed by atoms with Gasteiger partial charge < -0.3 is 5.32 Å². The fourth-order valence-corrected chi connectivity index (χ4v) is 3.90. The highest BCUT2D eigenvalue weighted by molar-refractivity contribution is 7.09. The lowest BCUT2D eigenvalue weighted by Crippen LogP contribution is -2.52. The molecule has 0 aliphatic carbocycles. The monoisotopic (exact) mass is 372 g/mol. The van der Waals surface area contributed by atoms with E-state index in [-0.39, 0.29) is 11.9 Å². The molecule has 1 aromatic carbocycles. The second-order valence-electron chi connectivity index (χ2n) is 7.15. The summed E-state index contributed by atoms with van der Waals surface area (Å²) in [5, 5.41) is 6.36. The lowest BCUT2D eigenvalue weighted by molar-refractivity contribution is -0.121. The van der Waals surface area contributed by atoms with Gasteiger partial charge in [-0.2, -0.15) is 0 Å². The molecular weight excluding hydrogens is 344 g/mol. The molecular formula is C20H28N4OS. The summed E-state index contributed by atoms with van der Waals surface area (Å²) in [5.74, 6) is 0.0716. The first-order valence-corrected chi connectivity index (χ1v) is 10.1. The van der Waals surface area contributed by atoms with E-state index in [0.29, 0.717) is 0 Å². The van der Waals surface area contributed by atoms with Crippen LogP contribution in [0.25, 0.3) is 0 Å². The van der Waals surface area contributed by atoms with Gasteiger partial charge in [-0.25, -0.2) is 4.98 Å². The van der Waals surface area contributed by atoms with Crippen molar-refractivity contribution in [3.8, 4) is 0 Å². The van der Waals surface area contributed by atoms with E-state index in [9.17, 15) is 4.79 Å². The Morgan fingerprint density at radius 3 is 2.62 bits per heavy atom. The molecule has 1 aromatic heterocycles. The summed E-state index contributed by atoms with van der Waals surface area (Å²) in [5.41, 5.74) is 4.32. The van der Waals surface area contributed by atoms with Crippen molar-refractivity contribution in [3.63, 3.8) is 0 Å². The van der Waals surface area contributed by atoms with Crippen molar-refractivity contribution in [2.45, 2.75) is 40.3 Å². The van der Waals surface area contributed by atoms with E-state index in [4.69, 9.17) is 0 Å². The third-order valence-corrected chi connectivity index (χ3v) is 5.86. The lowest BCUT2D eigenvalue weighted by atomic mass is 10.1. The summed E-state index contributed by atoms with van der Waals surface area (Å²) < 4.78 is 0. The first kappa shape index (κ1) is 19.0. The first-order chi connectivity index (χ1) is 12.4. The smallest absolute Gasteiger partial charge is 0.241 e. The highest BCUT2D eigenvalue weighted by atomic mass is 32.1. The highest BCUT2D eigenvalue weighted by Gasteiger charge is 2.26. The van der Waals surface area contributed by atoms with Crippen LogP contribution in [0.4, 0.5) is 5.69 Å². The Labute approximate surface area is 160 Å². The minimum atomic E-state index is -0.126. The number of hydrogen-bond acceptors (Lipinski definition) is 5. The Bertz CT molecular complexity index is 765. The molecule has 0 saturated carbocycles. The predicted molar refractivity (Wildman–Crippen MR) is 108 cm³/mol. The highest BCUT2D eigenvalue weighted by Crippen LogP contribution is 2.18. The molecule has 1 atom stereocenters. The summed E-state index contributed by atoms with van der Waals surface area (Å²) in [6.07, 6.45) is 0. The normalized spacial score (nSPS) is 17.2. The molecule has 3 rings (SSSR count). The molecule has 0 spiro atoms. The van der Waals surface area contributed by atoms with Crippen molar-refractivity contribution in [2.24, 2.45) is 0 Å². The van der Waals surface area contributed by atoms with Crippen molar-refractivity contribution in [1.82, 2.24) is 14.8 Å². The number of hydrogen-bond donors (Lipinski definition) is 1. The van der Waals surface area contributed by atoms with Gasteiger partial charge in [-0.15, -0.1) is 11.3 Å². The molecule has 2 aromatic rings. The first-order valence-electron chi connectivity index (χ1n) is 9.18. The molecule has 1 fully saturated rings. The summed E-state index contributed by atoms with van der Waals surface area (Å²) >= 11 is 1.70. The zero-order chi connectivity index (χ0) is 18.7. The lowest BCUT2D eigenvalue weighted by Gasteiger charge is -2.37. The molecule has 140 valence electrons. The molecule has 1 aliphatic rings. The van der Waals surface area contributed by atoms with Crippen LogP contribution in [0.15, 0.2) is 23.6 Å². The van der Waals surface area contributed by atoms with Crippen molar-refractivity contribution < 1.29 is 4.79 Å². The molecule has 1 aliphatic heterocycles. The van der Waals surface area contributed by atoms with E-state index in [0.717, 1.165) is 60.2 Å². The molecule has 6 heteroatoms. The summed E-state index contributed by atoms with van der Waals surface area (Å²) in [4.78, 5) is 21.9. The van der Waals surface area contributed by atoms with Gasteiger partial charge in [0.2, 0.25) is 5.91 Å². The number of rotatable bonds is 5.